The molecule has 2 aromatic carbocycles. The highest BCUT2D eigenvalue weighted by atomic mass is 35.5. The number of nitrogens with one attached hydrogen (secondary N) is 1. The van der Waals surface area contributed by atoms with Gasteiger partial charge in [0.05, 0.1) is 11.9 Å². The molecule has 33 heavy (non-hydrogen) atoms. The molecule has 0 spiro atoms. The largest absolute Gasteiger partial charge is 0.354 e. The Hall–Kier alpha value is -2.58. The van der Waals surface area contributed by atoms with Crippen LogP contribution < -0.4 is 9.62 Å². The van der Waals surface area contributed by atoms with Crippen LogP contribution in [0.5, 0.6) is 0 Å². The van der Waals surface area contributed by atoms with Gasteiger partial charge < -0.3 is 10.2 Å². The fourth-order valence-electron chi connectivity index (χ4n) is 3.28. The predicted molar refractivity (Wildman–Crippen MR) is 133 cm³/mol. The van der Waals surface area contributed by atoms with Crippen LogP contribution in [0.25, 0.3) is 0 Å². The minimum Gasteiger partial charge on any atom is -0.354 e. The molecule has 1 atom stereocenters. The Morgan fingerprint density at radius 1 is 1.12 bits per heavy atom. The lowest BCUT2D eigenvalue weighted by Gasteiger charge is -2.31. The molecule has 0 aromatic heterocycles. The van der Waals surface area contributed by atoms with Gasteiger partial charge in [0.1, 0.15) is 12.6 Å². The fourth-order valence-corrected chi connectivity index (χ4v) is 4.34. The quantitative estimate of drug-likeness (QED) is 0.483. The zero-order valence-electron chi connectivity index (χ0n) is 19.5. The summed E-state index contributed by atoms with van der Waals surface area (Å²) in [6.45, 7) is 5.76. The van der Waals surface area contributed by atoms with Crippen molar-refractivity contribution in [3.63, 3.8) is 0 Å². The van der Waals surface area contributed by atoms with Crippen LogP contribution in [-0.4, -0.2) is 50.5 Å². The second-order valence-corrected chi connectivity index (χ2v) is 10.4. The van der Waals surface area contributed by atoms with Crippen molar-refractivity contribution >= 4 is 39.1 Å². The van der Waals surface area contributed by atoms with Crippen LogP contribution in [0.4, 0.5) is 5.69 Å². The van der Waals surface area contributed by atoms with Crippen molar-refractivity contribution in [2.45, 2.75) is 46.2 Å². The van der Waals surface area contributed by atoms with E-state index in [4.69, 9.17) is 11.6 Å². The van der Waals surface area contributed by atoms with Crippen LogP contribution in [0.1, 0.15) is 37.8 Å². The Morgan fingerprint density at radius 2 is 1.79 bits per heavy atom. The lowest BCUT2D eigenvalue weighted by atomic mass is 10.1. The van der Waals surface area contributed by atoms with Gasteiger partial charge in [-0.1, -0.05) is 54.8 Å². The second kappa shape index (κ2) is 12.0. The Labute approximate surface area is 201 Å². The molecule has 7 nitrogen and oxygen atoms in total. The van der Waals surface area contributed by atoms with Gasteiger partial charge in [-0.2, -0.15) is 0 Å². The van der Waals surface area contributed by atoms with Crippen LogP contribution in [0.3, 0.4) is 0 Å². The minimum absolute atomic E-state index is 0.118. The third kappa shape index (κ3) is 8.05. The number of hydrogen-bond acceptors (Lipinski definition) is 4. The molecule has 180 valence electrons. The molecule has 2 rings (SSSR count). The summed E-state index contributed by atoms with van der Waals surface area (Å²) in [5, 5.41) is 3.36. The van der Waals surface area contributed by atoms with Crippen LogP contribution >= 0.6 is 11.6 Å². The number of nitrogens with zero attached hydrogens (tertiary/aromatic N) is 2. The van der Waals surface area contributed by atoms with Crippen molar-refractivity contribution in [3.05, 3.63) is 64.7 Å². The molecule has 2 aromatic rings. The number of hydrogen-bond donors (Lipinski definition) is 1. The third-order valence-corrected chi connectivity index (χ3v) is 6.62. The number of amides is 2. The van der Waals surface area contributed by atoms with Gasteiger partial charge in [-0.25, -0.2) is 8.42 Å². The van der Waals surface area contributed by atoms with Gasteiger partial charge in [0.2, 0.25) is 21.8 Å². The van der Waals surface area contributed by atoms with Gasteiger partial charge in [-0.15, -0.1) is 0 Å². The first-order valence-corrected chi connectivity index (χ1v) is 13.1. The molecule has 0 aliphatic carbocycles. The van der Waals surface area contributed by atoms with Crippen molar-refractivity contribution in [1.82, 2.24) is 10.2 Å². The van der Waals surface area contributed by atoms with E-state index in [0.717, 1.165) is 34.5 Å². The first-order chi connectivity index (χ1) is 15.5. The number of carbonyl (C=O) groups excluding carboxylic acids is 2. The van der Waals surface area contributed by atoms with E-state index >= 15 is 0 Å². The summed E-state index contributed by atoms with van der Waals surface area (Å²) in [5.41, 5.74) is 2.10. The number of unbranched alkanes of at least 4 members (excludes halogenated alkanes) is 1. The smallest absolute Gasteiger partial charge is 0.244 e. The van der Waals surface area contributed by atoms with Gasteiger partial charge in [-0.05, 0) is 50.1 Å². The summed E-state index contributed by atoms with van der Waals surface area (Å²) in [7, 11) is -3.74. The van der Waals surface area contributed by atoms with Crippen molar-refractivity contribution < 1.29 is 18.0 Å². The number of sulfonamides is 1. The Morgan fingerprint density at radius 3 is 2.36 bits per heavy atom. The molecule has 0 heterocycles. The highest BCUT2D eigenvalue weighted by molar-refractivity contribution is 7.92. The molecular weight excluding hydrogens is 462 g/mol. The first-order valence-electron chi connectivity index (χ1n) is 10.9. The standard InChI is InChI=1S/C24H32ClN3O4S/c1-5-6-14-26-24(30)19(3)27(16-20-8-7-9-21(25)15-20)23(29)17-28(33(4,31)32)22-12-10-18(2)11-13-22/h7-13,15,19H,5-6,14,16-17H2,1-4H3,(H,26,30)/t19-/m0/s1. The molecule has 0 saturated carbocycles. The molecular formula is C24H32ClN3O4S. The summed E-state index contributed by atoms with van der Waals surface area (Å²) in [4.78, 5) is 27.5. The summed E-state index contributed by atoms with van der Waals surface area (Å²) in [6, 6.07) is 13.1. The normalized spacial score (nSPS) is 12.2. The number of carbonyl (C=O) groups is 2. The van der Waals surface area contributed by atoms with E-state index in [1.165, 1.54) is 4.90 Å². The highest BCUT2D eigenvalue weighted by Gasteiger charge is 2.30. The summed E-state index contributed by atoms with van der Waals surface area (Å²) in [6.07, 6.45) is 2.82. The van der Waals surface area contributed by atoms with Crippen LogP contribution in [-0.2, 0) is 26.2 Å². The monoisotopic (exact) mass is 493 g/mol. The Bertz CT molecular complexity index is 1060. The van der Waals surface area contributed by atoms with E-state index in [-0.39, 0.29) is 12.5 Å². The van der Waals surface area contributed by atoms with Crippen molar-refractivity contribution in [1.29, 1.82) is 0 Å². The molecule has 0 radical (unpaired) electrons. The van der Waals surface area contributed by atoms with Crippen molar-refractivity contribution in [2.24, 2.45) is 0 Å². The molecule has 0 aliphatic rings. The summed E-state index contributed by atoms with van der Waals surface area (Å²) in [5.74, 6) is -0.779. The maximum Gasteiger partial charge on any atom is 0.244 e. The number of benzene rings is 2. The van der Waals surface area contributed by atoms with Gasteiger partial charge in [0, 0.05) is 18.1 Å². The van der Waals surface area contributed by atoms with E-state index in [1.807, 2.05) is 19.9 Å². The van der Waals surface area contributed by atoms with E-state index in [0.29, 0.717) is 17.3 Å². The number of rotatable bonds is 11. The lowest BCUT2D eigenvalue weighted by molar-refractivity contribution is -0.139. The zero-order valence-corrected chi connectivity index (χ0v) is 21.1. The maximum absolute atomic E-state index is 13.4. The molecule has 0 aliphatic heterocycles. The average molecular weight is 494 g/mol. The molecule has 0 unspecified atom stereocenters. The van der Waals surface area contributed by atoms with Crippen molar-refractivity contribution in [3.8, 4) is 0 Å². The Kier molecular flexibility index (Phi) is 9.73. The molecule has 0 bridgehead atoms. The Balaban J connectivity index is 2.33. The zero-order chi connectivity index (χ0) is 24.6. The average Bonchev–Trinajstić information content (AvgIpc) is 2.75. The number of anilines is 1. The maximum atomic E-state index is 13.4. The number of halogens is 1. The number of aryl methyl sites for hydroxylation is 1. The van der Waals surface area contributed by atoms with Crippen molar-refractivity contribution in [2.75, 3.05) is 23.7 Å². The fraction of sp³-hybridized carbons (Fsp3) is 0.417. The predicted octanol–water partition coefficient (Wildman–Crippen LogP) is 3.75. The third-order valence-electron chi connectivity index (χ3n) is 5.24. The van der Waals surface area contributed by atoms with Gasteiger partial charge in [-0.3, -0.25) is 13.9 Å². The summed E-state index contributed by atoms with van der Waals surface area (Å²) >= 11 is 6.10. The first kappa shape index (κ1) is 26.7. The lowest BCUT2D eigenvalue weighted by Crippen LogP contribution is -2.51. The van der Waals surface area contributed by atoms with Crippen LogP contribution in [0, 0.1) is 6.92 Å². The summed E-state index contributed by atoms with van der Waals surface area (Å²) < 4.78 is 26.1. The van der Waals surface area contributed by atoms with Crippen LogP contribution in [0.2, 0.25) is 5.02 Å². The molecule has 0 fully saturated rings. The molecule has 0 saturated heterocycles. The second-order valence-electron chi connectivity index (χ2n) is 8.08. The van der Waals surface area contributed by atoms with E-state index in [9.17, 15) is 18.0 Å². The van der Waals surface area contributed by atoms with Gasteiger partial charge in [0.25, 0.3) is 0 Å². The minimum atomic E-state index is -3.74. The van der Waals surface area contributed by atoms with Crippen LogP contribution in [0.15, 0.2) is 48.5 Å². The van der Waals surface area contributed by atoms with E-state index in [1.54, 1.807) is 49.4 Å². The van der Waals surface area contributed by atoms with E-state index < -0.39 is 28.5 Å². The topological polar surface area (TPSA) is 86.8 Å². The molecule has 9 heteroatoms. The van der Waals surface area contributed by atoms with Gasteiger partial charge >= 0.3 is 0 Å². The van der Waals surface area contributed by atoms with Gasteiger partial charge in [0.15, 0.2) is 0 Å². The van der Waals surface area contributed by atoms with E-state index in [2.05, 4.69) is 5.32 Å². The highest BCUT2D eigenvalue weighted by Crippen LogP contribution is 2.20. The molecule has 1 N–H and O–H groups in total. The SMILES string of the molecule is CCCCNC(=O)[C@H](C)N(Cc1cccc(Cl)c1)C(=O)CN(c1ccc(C)cc1)S(C)(=O)=O. The molecule has 2 amide bonds.